The summed E-state index contributed by atoms with van der Waals surface area (Å²) in [6.45, 7) is 1.33. The molecule has 1 unspecified atom stereocenters. The molecule has 0 saturated carbocycles. The predicted octanol–water partition coefficient (Wildman–Crippen LogP) is 0.0186. The minimum atomic E-state index is -1.62. The second-order valence-electron chi connectivity index (χ2n) is 3.77. The zero-order valence-corrected chi connectivity index (χ0v) is 9.92. The summed E-state index contributed by atoms with van der Waals surface area (Å²) in [5.41, 5.74) is 0. The van der Waals surface area contributed by atoms with Gasteiger partial charge >= 0.3 is 6.09 Å². The minimum Gasteiger partial charge on any atom is -0.465 e. The number of carbonyl (C=O) groups is 3. The average Bonchev–Trinajstić information content (AvgIpc) is 2.74. The molecule has 7 nitrogen and oxygen atoms in total. The Balaban J connectivity index is 2.75. The molecule has 0 bridgehead atoms. The van der Waals surface area contributed by atoms with Crippen molar-refractivity contribution in [2.24, 2.45) is 0 Å². The Morgan fingerprint density at radius 2 is 2.06 bits per heavy atom. The van der Waals surface area contributed by atoms with E-state index in [1.54, 1.807) is 0 Å². The number of aliphatic hydroxyl groups is 1. The van der Waals surface area contributed by atoms with Crippen LogP contribution in [0.1, 0.15) is 19.8 Å². The maximum Gasteiger partial charge on any atom is 0.407 e. The molecule has 96 valence electrons. The van der Waals surface area contributed by atoms with Gasteiger partial charge in [-0.3, -0.25) is 9.59 Å². The summed E-state index contributed by atoms with van der Waals surface area (Å²) < 4.78 is 0.267. The lowest BCUT2D eigenvalue weighted by Crippen LogP contribution is -2.49. The van der Waals surface area contributed by atoms with Gasteiger partial charge < -0.3 is 15.1 Å². The van der Waals surface area contributed by atoms with E-state index >= 15 is 0 Å². The molecule has 17 heavy (non-hydrogen) atoms. The Morgan fingerprint density at radius 3 is 2.53 bits per heavy atom. The second kappa shape index (κ2) is 5.33. The quantitative estimate of drug-likeness (QED) is 0.685. The van der Waals surface area contributed by atoms with Gasteiger partial charge in [0.05, 0.1) is 6.04 Å². The molecule has 1 fully saturated rings. The van der Waals surface area contributed by atoms with Crippen molar-refractivity contribution in [3.63, 3.8) is 0 Å². The summed E-state index contributed by atoms with van der Waals surface area (Å²) in [6.07, 6.45) is -1.90. The SMILES string of the molecule is CC(=O)N(Cl)C(=O)C(O)[C@@H]1CCCN1C(=O)O. The maximum atomic E-state index is 11.5. The van der Waals surface area contributed by atoms with E-state index < -0.39 is 30.1 Å². The van der Waals surface area contributed by atoms with Gasteiger partial charge in [0, 0.05) is 25.2 Å². The predicted molar refractivity (Wildman–Crippen MR) is 57.1 cm³/mol. The Hall–Kier alpha value is -1.34. The molecule has 0 radical (unpaired) electrons. The van der Waals surface area contributed by atoms with Gasteiger partial charge in [0.15, 0.2) is 6.10 Å². The van der Waals surface area contributed by atoms with Crippen LogP contribution >= 0.6 is 11.8 Å². The first-order chi connectivity index (χ1) is 7.86. The number of likely N-dealkylation sites (tertiary alicyclic amines) is 1. The van der Waals surface area contributed by atoms with Crippen molar-refractivity contribution in [3.05, 3.63) is 0 Å². The highest BCUT2D eigenvalue weighted by Crippen LogP contribution is 2.21. The molecule has 0 aliphatic carbocycles. The van der Waals surface area contributed by atoms with Crippen LogP contribution in [0.4, 0.5) is 4.79 Å². The molecule has 1 heterocycles. The molecule has 1 rings (SSSR count). The number of rotatable bonds is 2. The number of hydrogen-bond donors (Lipinski definition) is 2. The minimum absolute atomic E-state index is 0.257. The summed E-state index contributed by atoms with van der Waals surface area (Å²) in [4.78, 5) is 34.2. The third kappa shape index (κ3) is 2.86. The summed E-state index contributed by atoms with van der Waals surface area (Å²) in [7, 11) is 0. The van der Waals surface area contributed by atoms with Crippen LogP contribution in [0.5, 0.6) is 0 Å². The molecule has 1 aliphatic heterocycles. The largest absolute Gasteiger partial charge is 0.465 e. The van der Waals surface area contributed by atoms with Crippen LogP contribution in [0.25, 0.3) is 0 Å². The van der Waals surface area contributed by atoms with E-state index in [9.17, 15) is 19.5 Å². The van der Waals surface area contributed by atoms with Crippen LogP contribution in [0.3, 0.4) is 0 Å². The molecule has 3 amide bonds. The number of carboxylic acid groups (broad SMARTS) is 1. The number of carbonyl (C=O) groups excluding carboxylic acids is 2. The highest BCUT2D eigenvalue weighted by Gasteiger charge is 2.39. The van der Waals surface area contributed by atoms with Crippen molar-refractivity contribution in [1.82, 2.24) is 9.32 Å². The number of nitrogens with zero attached hydrogens (tertiary/aromatic N) is 2. The molecule has 0 aromatic rings. The van der Waals surface area contributed by atoms with Gasteiger partial charge in [-0.05, 0) is 12.8 Å². The van der Waals surface area contributed by atoms with Crippen molar-refractivity contribution in [2.75, 3.05) is 6.54 Å². The van der Waals surface area contributed by atoms with E-state index in [2.05, 4.69) is 0 Å². The molecule has 1 aliphatic rings. The van der Waals surface area contributed by atoms with E-state index in [1.807, 2.05) is 0 Å². The Kier molecular flexibility index (Phi) is 4.30. The van der Waals surface area contributed by atoms with Crippen molar-refractivity contribution >= 4 is 29.7 Å². The van der Waals surface area contributed by atoms with Gasteiger partial charge in [-0.15, -0.1) is 0 Å². The topological polar surface area (TPSA) is 98.2 Å². The summed E-state index contributed by atoms with van der Waals surface area (Å²) in [5.74, 6) is -1.73. The van der Waals surface area contributed by atoms with Crippen molar-refractivity contribution < 1.29 is 24.6 Å². The van der Waals surface area contributed by atoms with Crippen LogP contribution in [-0.2, 0) is 9.59 Å². The zero-order valence-electron chi connectivity index (χ0n) is 9.17. The van der Waals surface area contributed by atoms with Gasteiger partial charge in [-0.2, -0.15) is 4.42 Å². The van der Waals surface area contributed by atoms with E-state index in [1.165, 1.54) is 0 Å². The first-order valence-electron chi connectivity index (χ1n) is 5.04. The standard InChI is InChI=1S/C9H13ClN2O5/c1-5(13)12(10)8(15)7(14)6-3-2-4-11(6)9(16)17/h6-7,14H,2-4H2,1H3,(H,16,17)/t6-,7?/m0/s1. The van der Waals surface area contributed by atoms with E-state index in [4.69, 9.17) is 16.9 Å². The van der Waals surface area contributed by atoms with Crippen LogP contribution in [0.15, 0.2) is 0 Å². The third-order valence-electron chi connectivity index (χ3n) is 2.63. The molecular formula is C9H13ClN2O5. The highest BCUT2D eigenvalue weighted by molar-refractivity contribution is 6.30. The summed E-state index contributed by atoms with van der Waals surface area (Å²) in [5, 5.41) is 18.6. The molecule has 2 N–H and O–H groups in total. The molecular weight excluding hydrogens is 252 g/mol. The second-order valence-corrected chi connectivity index (χ2v) is 4.11. The maximum absolute atomic E-state index is 11.5. The van der Waals surface area contributed by atoms with Gasteiger partial charge in [-0.1, -0.05) is 0 Å². The molecule has 8 heteroatoms. The van der Waals surface area contributed by atoms with Crippen LogP contribution in [-0.4, -0.2) is 56.1 Å². The van der Waals surface area contributed by atoms with E-state index in [-0.39, 0.29) is 11.0 Å². The Bertz CT molecular complexity index is 348. The van der Waals surface area contributed by atoms with Crippen LogP contribution in [0, 0.1) is 0 Å². The van der Waals surface area contributed by atoms with Gasteiger partial charge in [0.1, 0.15) is 0 Å². The molecule has 0 spiro atoms. The monoisotopic (exact) mass is 264 g/mol. The number of halogens is 1. The first kappa shape index (κ1) is 13.7. The van der Waals surface area contributed by atoms with Gasteiger partial charge in [0.25, 0.3) is 5.91 Å². The van der Waals surface area contributed by atoms with E-state index in [0.717, 1.165) is 11.8 Å². The fourth-order valence-corrected chi connectivity index (χ4v) is 1.89. The Morgan fingerprint density at radius 1 is 1.47 bits per heavy atom. The molecule has 1 saturated heterocycles. The smallest absolute Gasteiger partial charge is 0.407 e. The number of hydrogen-bond acceptors (Lipinski definition) is 4. The normalized spacial score (nSPS) is 21.1. The fourth-order valence-electron chi connectivity index (χ4n) is 1.79. The summed E-state index contributed by atoms with van der Waals surface area (Å²) >= 11 is 5.38. The number of aliphatic hydroxyl groups excluding tert-OH is 1. The lowest BCUT2D eigenvalue weighted by atomic mass is 10.1. The average molecular weight is 265 g/mol. The summed E-state index contributed by atoms with van der Waals surface area (Å²) in [6, 6.07) is -0.847. The number of imide groups is 1. The first-order valence-corrected chi connectivity index (χ1v) is 5.38. The van der Waals surface area contributed by atoms with Gasteiger partial charge in [-0.25, -0.2) is 4.79 Å². The lowest BCUT2D eigenvalue weighted by Gasteiger charge is -2.26. The van der Waals surface area contributed by atoms with Crippen molar-refractivity contribution in [2.45, 2.75) is 31.9 Å². The Labute approximate surface area is 103 Å². The molecule has 2 atom stereocenters. The van der Waals surface area contributed by atoms with Crippen molar-refractivity contribution in [1.29, 1.82) is 0 Å². The number of amides is 3. The highest BCUT2D eigenvalue weighted by atomic mass is 35.5. The zero-order chi connectivity index (χ0) is 13.2. The third-order valence-corrected chi connectivity index (χ3v) is 3.04. The van der Waals surface area contributed by atoms with Crippen LogP contribution in [0.2, 0.25) is 0 Å². The molecule has 0 aromatic carbocycles. The van der Waals surface area contributed by atoms with E-state index in [0.29, 0.717) is 12.8 Å². The van der Waals surface area contributed by atoms with Gasteiger partial charge in [0.2, 0.25) is 5.91 Å². The molecule has 0 aromatic heterocycles. The van der Waals surface area contributed by atoms with Crippen molar-refractivity contribution in [3.8, 4) is 0 Å². The van der Waals surface area contributed by atoms with Crippen LogP contribution < -0.4 is 0 Å². The fraction of sp³-hybridized carbons (Fsp3) is 0.667. The lowest BCUT2D eigenvalue weighted by molar-refractivity contribution is -0.145.